The van der Waals surface area contributed by atoms with Crippen LogP contribution in [-0.2, 0) is 4.79 Å². The molecule has 0 aliphatic heterocycles. The van der Waals surface area contributed by atoms with Crippen LogP contribution in [0.1, 0.15) is 41.0 Å². The smallest absolute Gasteiger partial charge is 0.220 e. The summed E-state index contributed by atoms with van der Waals surface area (Å²) < 4.78 is 0. The SMILES string of the molecule is CC.CC.CCC(=O)NCC#N. The van der Waals surface area contributed by atoms with Gasteiger partial charge >= 0.3 is 0 Å². The van der Waals surface area contributed by atoms with Crippen molar-refractivity contribution in [3.8, 4) is 6.07 Å². The lowest BCUT2D eigenvalue weighted by molar-refractivity contribution is -0.120. The van der Waals surface area contributed by atoms with Crippen LogP contribution in [0.15, 0.2) is 0 Å². The van der Waals surface area contributed by atoms with Gasteiger partial charge in [-0.05, 0) is 0 Å². The first-order chi connectivity index (χ1) is 5.81. The van der Waals surface area contributed by atoms with Gasteiger partial charge in [-0.2, -0.15) is 5.26 Å². The first-order valence-electron chi connectivity index (χ1n) is 4.45. The molecule has 1 amide bonds. The van der Waals surface area contributed by atoms with Crippen molar-refractivity contribution in [1.82, 2.24) is 5.32 Å². The number of nitriles is 1. The molecule has 0 spiro atoms. The second kappa shape index (κ2) is 22.5. The standard InChI is InChI=1S/C5H8N2O.2C2H6/c1-2-5(8)7-4-3-6;2*1-2/h2,4H2,1H3,(H,7,8);2*1-2H3. The van der Waals surface area contributed by atoms with Crippen LogP contribution in [0.2, 0.25) is 0 Å². The monoisotopic (exact) mass is 172 g/mol. The Labute approximate surface area is 75.8 Å². The summed E-state index contributed by atoms with van der Waals surface area (Å²) in [7, 11) is 0. The lowest BCUT2D eigenvalue weighted by Gasteiger charge is -1.92. The number of hydrogen-bond donors (Lipinski definition) is 1. The highest BCUT2D eigenvalue weighted by atomic mass is 16.1. The van der Waals surface area contributed by atoms with Crippen LogP contribution in [-0.4, -0.2) is 12.5 Å². The minimum atomic E-state index is -0.0773. The molecule has 0 saturated heterocycles. The Morgan fingerprint density at radius 3 is 2.00 bits per heavy atom. The molecule has 3 heteroatoms. The Kier molecular flexibility index (Phi) is 32.2. The van der Waals surface area contributed by atoms with E-state index in [0.717, 1.165) is 0 Å². The molecular formula is C9H20N2O. The molecule has 0 aliphatic rings. The third-order valence-electron chi connectivity index (χ3n) is 0.686. The molecule has 0 unspecified atom stereocenters. The fourth-order valence-electron chi connectivity index (χ4n) is 0.263. The predicted octanol–water partition coefficient (Wildman–Crippen LogP) is 2.09. The number of carbonyl (C=O) groups excluding carboxylic acids is 1. The first-order valence-corrected chi connectivity index (χ1v) is 4.45. The molecule has 0 atom stereocenters. The summed E-state index contributed by atoms with van der Waals surface area (Å²) in [6, 6.07) is 1.80. The lowest BCUT2D eigenvalue weighted by Crippen LogP contribution is -2.21. The van der Waals surface area contributed by atoms with Gasteiger partial charge in [0.05, 0.1) is 6.07 Å². The van der Waals surface area contributed by atoms with Gasteiger partial charge < -0.3 is 5.32 Å². The van der Waals surface area contributed by atoms with E-state index < -0.39 is 0 Å². The van der Waals surface area contributed by atoms with Crippen LogP contribution in [0, 0.1) is 11.3 Å². The van der Waals surface area contributed by atoms with E-state index in [0.29, 0.717) is 6.42 Å². The maximum absolute atomic E-state index is 10.3. The van der Waals surface area contributed by atoms with Crippen LogP contribution < -0.4 is 5.32 Å². The highest BCUT2D eigenvalue weighted by Gasteiger charge is 1.90. The summed E-state index contributed by atoms with van der Waals surface area (Å²) in [6.07, 6.45) is 0.446. The molecule has 3 nitrogen and oxygen atoms in total. The van der Waals surface area contributed by atoms with E-state index in [1.54, 1.807) is 13.0 Å². The van der Waals surface area contributed by atoms with Gasteiger partial charge in [-0.1, -0.05) is 34.6 Å². The van der Waals surface area contributed by atoms with Crippen molar-refractivity contribution in [2.24, 2.45) is 0 Å². The maximum atomic E-state index is 10.3. The Bertz CT molecular complexity index is 116. The summed E-state index contributed by atoms with van der Waals surface area (Å²) in [5, 5.41) is 10.3. The molecule has 0 saturated carbocycles. The Hall–Kier alpha value is -1.04. The Morgan fingerprint density at radius 2 is 1.75 bits per heavy atom. The van der Waals surface area contributed by atoms with Crippen molar-refractivity contribution in [2.45, 2.75) is 41.0 Å². The molecule has 0 radical (unpaired) electrons. The van der Waals surface area contributed by atoms with Crippen molar-refractivity contribution < 1.29 is 4.79 Å². The largest absolute Gasteiger partial charge is 0.343 e. The fraction of sp³-hybridized carbons (Fsp3) is 0.778. The van der Waals surface area contributed by atoms with E-state index in [2.05, 4.69) is 5.32 Å². The van der Waals surface area contributed by atoms with Crippen LogP contribution in [0.4, 0.5) is 0 Å². The average Bonchev–Trinajstić information content (AvgIpc) is 2.20. The highest BCUT2D eigenvalue weighted by Crippen LogP contribution is 1.71. The third kappa shape index (κ3) is 23.1. The van der Waals surface area contributed by atoms with Crippen molar-refractivity contribution in [2.75, 3.05) is 6.54 Å². The number of nitrogens with zero attached hydrogens (tertiary/aromatic N) is 1. The first kappa shape index (κ1) is 17.2. The second-order valence-electron chi connectivity index (χ2n) is 1.29. The van der Waals surface area contributed by atoms with Crippen molar-refractivity contribution >= 4 is 5.91 Å². The molecule has 72 valence electrons. The maximum Gasteiger partial charge on any atom is 0.220 e. The average molecular weight is 172 g/mol. The highest BCUT2D eigenvalue weighted by molar-refractivity contribution is 5.75. The van der Waals surface area contributed by atoms with Gasteiger partial charge in [0.15, 0.2) is 0 Å². The fourth-order valence-corrected chi connectivity index (χ4v) is 0.263. The molecule has 0 aromatic carbocycles. The van der Waals surface area contributed by atoms with Crippen molar-refractivity contribution in [1.29, 1.82) is 5.26 Å². The minimum Gasteiger partial charge on any atom is -0.343 e. The van der Waals surface area contributed by atoms with Gasteiger partial charge in [-0.25, -0.2) is 0 Å². The number of amides is 1. The van der Waals surface area contributed by atoms with E-state index in [1.807, 2.05) is 27.7 Å². The molecule has 0 rings (SSSR count). The van der Waals surface area contributed by atoms with Crippen LogP contribution in [0.25, 0.3) is 0 Å². The summed E-state index contributed by atoms with van der Waals surface area (Å²) in [5.41, 5.74) is 0. The van der Waals surface area contributed by atoms with Crippen molar-refractivity contribution in [3.63, 3.8) is 0 Å². The van der Waals surface area contributed by atoms with Gasteiger partial charge in [0.1, 0.15) is 6.54 Å². The van der Waals surface area contributed by atoms with Gasteiger partial charge in [-0.15, -0.1) is 0 Å². The lowest BCUT2D eigenvalue weighted by atomic mass is 10.4. The molecule has 0 fully saturated rings. The molecule has 0 aromatic rings. The molecule has 0 heterocycles. The zero-order valence-corrected chi connectivity index (χ0v) is 8.77. The van der Waals surface area contributed by atoms with Gasteiger partial charge in [0, 0.05) is 6.42 Å². The summed E-state index contributed by atoms with van der Waals surface area (Å²) in [4.78, 5) is 10.3. The zero-order valence-electron chi connectivity index (χ0n) is 8.77. The molecule has 0 aliphatic carbocycles. The molecule has 0 aromatic heterocycles. The van der Waals surface area contributed by atoms with Crippen LogP contribution >= 0.6 is 0 Å². The van der Waals surface area contributed by atoms with Crippen molar-refractivity contribution in [3.05, 3.63) is 0 Å². The molecule has 12 heavy (non-hydrogen) atoms. The van der Waals surface area contributed by atoms with E-state index in [9.17, 15) is 4.79 Å². The van der Waals surface area contributed by atoms with E-state index >= 15 is 0 Å². The molecular weight excluding hydrogens is 152 g/mol. The third-order valence-corrected chi connectivity index (χ3v) is 0.686. The summed E-state index contributed by atoms with van der Waals surface area (Å²) in [6.45, 7) is 9.86. The number of carbonyl (C=O) groups is 1. The minimum absolute atomic E-state index is 0.0773. The number of rotatable bonds is 2. The van der Waals surface area contributed by atoms with Crippen LogP contribution in [0.3, 0.4) is 0 Å². The number of hydrogen-bond acceptors (Lipinski definition) is 2. The molecule has 1 N–H and O–H groups in total. The van der Waals surface area contributed by atoms with Crippen LogP contribution in [0.5, 0.6) is 0 Å². The van der Waals surface area contributed by atoms with E-state index in [4.69, 9.17) is 5.26 Å². The normalized spacial score (nSPS) is 6.00. The summed E-state index contributed by atoms with van der Waals surface area (Å²) >= 11 is 0. The Morgan fingerprint density at radius 1 is 1.33 bits per heavy atom. The Balaban J connectivity index is -0.000000175. The summed E-state index contributed by atoms with van der Waals surface area (Å²) in [5.74, 6) is -0.0773. The zero-order chi connectivity index (χ0) is 10.4. The molecule has 0 bridgehead atoms. The van der Waals surface area contributed by atoms with Gasteiger partial charge in [0.25, 0.3) is 0 Å². The van der Waals surface area contributed by atoms with E-state index in [1.165, 1.54) is 0 Å². The predicted molar refractivity (Wildman–Crippen MR) is 51.6 cm³/mol. The van der Waals surface area contributed by atoms with Gasteiger partial charge in [0.2, 0.25) is 5.91 Å². The van der Waals surface area contributed by atoms with E-state index in [-0.39, 0.29) is 12.5 Å². The second-order valence-corrected chi connectivity index (χ2v) is 1.29. The quantitative estimate of drug-likeness (QED) is 0.648. The number of nitrogens with one attached hydrogen (secondary N) is 1. The van der Waals surface area contributed by atoms with Gasteiger partial charge in [-0.3, -0.25) is 4.79 Å². The topological polar surface area (TPSA) is 52.9 Å².